The molecule has 1 unspecified atom stereocenters. The highest BCUT2D eigenvalue weighted by Gasteiger charge is 2.14. The van der Waals surface area contributed by atoms with Crippen LogP contribution in [0.25, 0.3) is 10.1 Å². The number of hydrogen-bond donors (Lipinski definition) is 1. The second kappa shape index (κ2) is 5.00. The molecule has 0 aliphatic carbocycles. The van der Waals surface area contributed by atoms with Crippen molar-refractivity contribution in [1.29, 1.82) is 0 Å². The first-order chi connectivity index (χ1) is 9.11. The number of aliphatic hydroxyl groups is 1. The number of thiazole rings is 1. The van der Waals surface area contributed by atoms with Crippen LogP contribution in [0.15, 0.2) is 29.6 Å². The minimum absolute atomic E-state index is 0.249. The number of fused-ring (bicyclic) bond motifs is 1. The van der Waals surface area contributed by atoms with E-state index in [9.17, 15) is 9.50 Å². The third-order valence-corrected chi connectivity index (χ3v) is 4.93. The van der Waals surface area contributed by atoms with E-state index in [0.29, 0.717) is 6.42 Å². The summed E-state index contributed by atoms with van der Waals surface area (Å²) in [6, 6.07) is 6.54. The molecule has 0 saturated heterocycles. The standard InChI is InChI=1S/C14H12FNOS2/c1-8-16-11(7-18-8)6-12(17)14-5-9-4-10(15)2-3-13(9)19-14/h2-5,7,12,17H,6H2,1H3. The zero-order valence-corrected chi connectivity index (χ0v) is 11.9. The minimum atomic E-state index is -0.582. The Kier molecular flexibility index (Phi) is 3.35. The lowest BCUT2D eigenvalue weighted by Crippen LogP contribution is -1.99. The van der Waals surface area contributed by atoms with E-state index in [-0.39, 0.29) is 5.82 Å². The zero-order valence-electron chi connectivity index (χ0n) is 10.3. The summed E-state index contributed by atoms with van der Waals surface area (Å²) >= 11 is 3.08. The average Bonchev–Trinajstić information content (AvgIpc) is 2.95. The SMILES string of the molecule is Cc1nc(CC(O)c2cc3cc(F)ccc3s2)cs1. The fourth-order valence-electron chi connectivity index (χ4n) is 2.00. The van der Waals surface area contributed by atoms with Gasteiger partial charge in [-0.05, 0) is 36.6 Å². The first-order valence-electron chi connectivity index (χ1n) is 5.90. The van der Waals surface area contributed by atoms with E-state index in [1.807, 2.05) is 18.4 Å². The predicted octanol–water partition coefficient (Wildman–Crippen LogP) is 4.08. The first kappa shape index (κ1) is 12.7. The average molecular weight is 293 g/mol. The molecule has 3 aromatic rings. The van der Waals surface area contributed by atoms with Gasteiger partial charge in [-0.2, -0.15) is 0 Å². The van der Waals surface area contributed by atoms with Gasteiger partial charge >= 0.3 is 0 Å². The molecule has 2 heterocycles. The van der Waals surface area contributed by atoms with Crippen molar-refractivity contribution in [3.05, 3.63) is 51.0 Å². The van der Waals surface area contributed by atoms with E-state index in [0.717, 1.165) is 25.7 Å². The van der Waals surface area contributed by atoms with E-state index in [4.69, 9.17) is 0 Å². The Morgan fingerprint density at radius 1 is 1.37 bits per heavy atom. The number of hydrogen-bond acceptors (Lipinski definition) is 4. The summed E-state index contributed by atoms with van der Waals surface area (Å²) in [6.07, 6.45) is -0.0819. The molecule has 0 aliphatic heterocycles. The van der Waals surface area contributed by atoms with Crippen LogP contribution in [0, 0.1) is 12.7 Å². The molecule has 5 heteroatoms. The summed E-state index contributed by atoms with van der Waals surface area (Å²) in [5.74, 6) is -0.249. The van der Waals surface area contributed by atoms with Crippen LogP contribution >= 0.6 is 22.7 Å². The van der Waals surface area contributed by atoms with Crippen molar-refractivity contribution in [2.24, 2.45) is 0 Å². The van der Waals surface area contributed by atoms with Crippen molar-refractivity contribution in [3.63, 3.8) is 0 Å². The maximum Gasteiger partial charge on any atom is 0.123 e. The molecule has 0 saturated carbocycles. The van der Waals surface area contributed by atoms with Crippen LogP contribution < -0.4 is 0 Å². The van der Waals surface area contributed by atoms with Gasteiger partial charge < -0.3 is 5.11 Å². The van der Waals surface area contributed by atoms with Gasteiger partial charge in [0.1, 0.15) is 5.82 Å². The monoisotopic (exact) mass is 293 g/mol. The maximum absolute atomic E-state index is 13.1. The molecule has 3 rings (SSSR count). The third kappa shape index (κ3) is 2.68. The van der Waals surface area contributed by atoms with Crippen molar-refractivity contribution in [3.8, 4) is 0 Å². The highest BCUT2D eigenvalue weighted by molar-refractivity contribution is 7.19. The molecule has 0 radical (unpaired) electrons. The Balaban J connectivity index is 1.86. The molecule has 0 spiro atoms. The third-order valence-electron chi connectivity index (χ3n) is 2.89. The number of thiophene rings is 1. The van der Waals surface area contributed by atoms with Crippen molar-refractivity contribution in [2.45, 2.75) is 19.4 Å². The molecule has 1 atom stereocenters. The number of aromatic nitrogens is 1. The van der Waals surface area contributed by atoms with Crippen LogP contribution in [0.5, 0.6) is 0 Å². The van der Waals surface area contributed by atoms with Gasteiger partial charge in [-0.15, -0.1) is 22.7 Å². The summed E-state index contributed by atoms with van der Waals surface area (Å²) in [5.41, 5.74) is 0.902. The van der Waals surface area contributed by atoms with Crippen LogP contribution in [0.2, 0.25) is 0 Å². The molecule has 0 fully saturated rings. The smallest absolute Gasteiger partial charge is 0.123 e. The van der Waals surface area contributed by atoms with Crippen LogP contribution in [0.1, 0.15) is 21.7 Å². The van der Waals surface area contributed by atoms with Gasteiger partial charge in [-0.1, -0.05) is 0 Å². The fraction of sp³-hybridized carbons (Fsp3) is 0.214. The van der Waals surface area contributed by atoms with E-state index >= 15 is 0 Å². The lowest BCUT2D eigenvalue weighted by Gasteiger charge is -2.05. The van der Waals surface area contributed by atoms with Crippen LogP contribution in [0.3, 0.4) is 0 Å². The van der Waals surface area contributed by atoms with Gasteiger partial charge in [-0.3, -0.25) is 0 Å². The van der Waals surface area contributed by atoms with E-state index < -0.39 is 6.10 Å². The van der Waals surface area contributed by atoms with Crippen molar-refractivity contribution < 1.29 is 9.50 Å². The topological polar surface area (TPSA) is 33.1 Å². The lowest BCUT2D eigenvalue weighted by atomic mass is 10.1. The molecule has 2 aromatic heterocycles. The summed E-state index contributed by atoms with van der Waals surface area (Å²) in [7, 11) is 0. The van der Waals surface area contributed by atoms with Gasteiger partial charge in [0.05, 0.1) is 16.8 Å². The van der Waals surface area contributed by atoms with Crippen molar-refractivity contribution >= 4 is 32.8 Å². The van der Waals surface area contributed by atoms with Crippen LogP contribution in [0.4, 0.5) is 4.39 Å². The largest absolute Gasteiger partial charge is 0.387 e. The molecule has 0 aliphatic rings. The molecule has 19 heavy (non-hydrogen) atoms. The van der Waals surface area contributed by atoms with Gasteiger partial charge in [0, 0.05) is 21.4 Å². The molecular formula is C14H12FNOS2. The van der Waals surface area contributed by atoms with Crippen LogP contribution in [-0.4, -0.2) is 10.1 Å². The Labute approximate surface area is 118 Å². The molecule has 98 valence electrons. The number of rotatable bonds is 3. The Hall–Kier alpha value is -1.30. The highest BCUT2D eigenvalue weighted by Crippen LogP contribution is 2.32. The summed E-state index contributed by atoms with van der Waals surface area (Å²) in [4.78, 5) is 5.20. The second-order valence-corrected chi connectivity index (χ2v) is 6.59. The lowest BCUT2D eigenvalue weighted by molar-refractivity contribution is 0.181. The Morgan fingerprint density at radius 3 is 2.95 bits per heavy atom. The van der Waals surface area contributed by atoms with Crippen molar-refractivity contribution in [1.82, 2.24) is 4.98 Å². The predicted molar refractivity (Wildman–Crippen MR) is 77.3 cm³/mol. The highest BCUT2D eigenvalue weighted by atomic mass is 32.1. The number of aryl methyl sites for hydroxylation is 1. The second-order valence-electron chi connectivity index (χ2n) is 4.41. The van der Waals surface area contributed by atoms with Gasteiger partial charge in [0.15, 0.2) is 0 Å². The quantitative estimate of drug-likeness (QED) is 0.789. The normalized spacial score (nSPS) is 13.0. The molecule has 1 N–H and O–H groups in total. The van der Waals surface area contributed by atoms with E-state index in [1.54, 1.807) is 17.4 Å². The first-order valence-corrected chi connectivity index (χ1v) is 7.59. The Bertz CT molecular complexity index is 719. The number of aliphatic hydroxyl groups excluding tert-OH is 1. The maximum atomic E-state index is 13.1. The van der Waals surface area contributed by atoms with Gasteiger partial charge in [0.2, 0.25) is 0 Å². The zero-order chi connectivity index (χ0) is 13.4. The minimum Gasteiger partial charge on any atom is -0.387 e. The summed E-state index contributed by atoms with van der Waals surface area (Å²) in [5, 5.41) is 14.0. The van der Waals surface area contributed by atoms with Gasteiger partial charge in [-0.25, -0.2) is 9.37 Å². The van der Waals surface area contributed by atoms with E-state index in [1.165, 1.54) is 23.5 Å². The summed E-state index contributed by atoms with van der Waals surface area (Å²) < 4.78 is 14.1. The van der Waals surface area contributed by atoms with Crippen molar-refractivity contribution in [2.75, 3.05) is 0 Å². The fourth-order valence-corrected chi connectivity index (χ4v) is 3.66. The number of benzene rings is 1. The number of nitrogens with zero attached hydrogens (tertiary/aromatic N) is 1. The summed E-state index contributed by atoms with van der Waals surface area (Å²) in [6.45, 7) is 1.95. The molecular weight excluding hydrogens is 281 g/mol. The van der Waals surface area contributed by atoms with E-state index in [2.05, 4.69) is 4.98 Å². The Morgan fingerprint density at radius 2 is 2.21 bits per heavy atom. The number of halogens is 1. The molecule has 1 aromatic carbocycles. The molecule has 0 bridgehead atoms. The molecule has 2 nitrogen and oxygen atoms in total. The van der Waals surface area contributed by atoms with Gasteiger partial charge in [0.25, 0.3) is 0 Å². The van der Waals surface area contributed by atoms with Crippen LogP contribution in [-0.2, 0) is 6.42 Å². The molecule has 0 amide bonds.